The van der Waals surface area contributed by atoms with Crippen LogP contribution in [0.25, 0.3) is 0 Å². The highest BCUT2D eigenvalue weighted by Gasteiger charge is 2.18. The van der Waals surface area contributed by atoms with E-state index in [1.165, 1.54) is 4.90 Å². The molecule has 4 heteroatoms. The van der Waals surface area contributed by atoms with E-state index in [0.29, 0.717) is 13.1 Å². The maximum atomic E-state index is 10.7. The van der Waals surface area contributed by atoms with E-state index in [9.17, 15) is 9.59 Å². The summed E-state index contributed by atoms with van der Waals surface area (Å²) in [6.07, 6.45) is 1.49. The smallest absolute Gasteiger partial charge is 0.379 e. The average Bonchev–Trinajstić information content (AvgIpc) is 2.38. The van der Waals surface area contributed by atoms with Crippen molar-refractivity contribution in [2.75, 3.05) is 13.1 Å². The Labute approximate surface area is 58.8 Å². The number of likely N-dealkylation sites (tertiary alicyclic amines) is 1. The summed E-state index contributed by atoms with van der Waals surface area (Å²) in [5.74, 6) is 0. The lowest BCUT2D eigenvalue weighted by Crippen LogP contribution is -2.27. The zero-order valence-corrected chi connectivity index (χ0v) is 5.58. The summed E-state index contributed by atoms with van der Waals surface area (Å²) in [4.78, 5) is 21.9. The van der Waals surface area contributed by atoms with E-state index in [-0.39, 0.29) is 6.47 Å². The average molecular weight is 143 g/mol. The van der Waals surface area contributed by atoms with Crippen molar-refractivity contribution in [1.82, 2.24) is 4.90 Å². The Morgan fingerprint density at radius 1 is 1.40 bits per heavy atom. The summed E-state index contributed by atoms with van der Waals surface area (Å²) < 4.78 is 4.13. The van der Waals surface area contributed by atoms with E-state index in [0.717, 1.165) is 12.8 Å². The highest BCUT2D eigenvalue weighted by atomic mass is 16.6. The van der Waals surface area contributed by atoms with Crippen LogP contribution in [0.5, 0.6) is 0 Å². The molecule has 1 saturated heterocycles. The fourth-order valence-electron chi connectivity index (χ4n) is 1.02. The van der Waals surface area contributed by atoms with E-state index in [2.05, 4.69) is 4.74 Å². The molecular formula is C6H9NO3. The Hall–Kier alpha value is -1.06. The number of carbonyl (C=O) groups excluding carboxylic acids is 2. The maximum absolute atomic E-state index is 10.7. The Kier molecular flexibility index (Phi) is 2.25. The molecule has 0 radical (unpaired) electrons. The summed E-state index contributed by atoms with van der Waals surface area (Å²) in [7, 11) is 0. The highest BCUT2D eigenvalue weighted by molar-refractivity contribution is 5.74. The minimum Gasteiger partial charge on any atom is -0.379 e. The Bertz CT molecular complexity index is 140. The molecule has 1 amide bonds. The fraction of sp³-hybridized carbons (Fsp3) is 0.667. The molecule has 0 unspecified atom stereocenters. The van der Waals surface area contributed by atoms with E-state index < -0.39 is 6.09 Å². The number of ether oxygens (including phenoxy) is 1. The molecule has 1 rings (SSSR count). The van der Waals surface area contributed by atoms with Crippen molar-refractivity contribution in [3.05, 3.63) is 0 Å². The van der Waals surface area contributed by atoms with Crippen molar-refractivity contribution in [3.8, 4) is 0 Å². The first kappa shape index (κ1) is 7.05. The van der Waals surface area contributed by atoms with Crippen LogP contribution in [-0.4, -0.2) is 30.6 Å². The molecule has 1 fully saturated rings. The molecule has 0 aromatic rings. The molecule has 0 aromatic heterocycles. The van der Waals surface area contributed by atoms with Crippen LogP contribution >= 0.6 is 0 Å². The van der Waals surface area contributed by atoms with Gasteiger partial charge in [0, 0.05) is 13.1 Å². The lowest BCUT2D eigenvalue weighted by atomic mass is 10.4. The third-order valence-corrected chi connectivity index (χ3v) is 1.51. The van der Waals surface area contributed by atoms with Gasteiger partial charge in [0.2, 0.25) is 0 Å². The number of nitrogens with zero attached hydrogens (tertiary/aromatic N) is 1. The summed E-state index contributed by atoms with van der Waals surface area (Å²) in [6.45, 7) is 1.60. The number of hydrogen-bond donors (Lipinski definition) is 0. The second-order valence-electron chi connectivity index (χ2n) is 2.17. The van der Waals surface area contributed by atoms with Crippen LogP contribution in [0.15, 0.2) is 0 Å². The third kappa shape index (κ3) is 1.46. The SMILES string of the molecule is O=COC(=O)N1CCCC1. The summed E-state index contributed by atoms with van der Waals surface area (Å²) in [5, 5.41) is 0. The molecule has 56 valence electrons. The Morgan fingerprint density at radius 3 is 2.50 bits per heavy atom. The van der Waals surface area contributed by atoms with E-state index in [1.54, 1.807) is 0 Å². The Morgan fingerprint density at radius 2 is 2.00 bits per heavy atom. The number of rotatable bonds is 1. The van der Waals surface area contributed by atoms with Crippen molar-refractivity contribution in [3.63, 3.8) is 0 Å². The molecule has 0 saturated carbocycles. The van der Waals surface area contributed by atoms with Gasteiger partial charge in [0.15, 0.2) is 0 Å². The molecule has 0 aliphatic carbocycles. The first-order valence-corrected chi connectivity index (χ1v) is 3.24. The number of amides is 1. The quantitative estimate of drug-likeness (QED) is 0.393. The Balaban J connectivity index is 2.32. The molecular weight excluding hydrogens is 134 g/mol. The van der Waals surface area contributed by atoms with Crippen LogP contribution in [0.1, 0.15) is 12.8 Å². The van der Waals surface area contributed by atoms with Crippen LogP contribution in [0.3, 0.4) is 0 Å². The maximum Gasteiger partial charge on any atom is 0.417 e. The van der Waals surface area contributed by atoms with Gasteiger partial charge in [0.1, 0.15) is 0 Å². The van der Waals surface area contributed by atoms with Gasteiger partial charge in [0.05, 0.1) is 0 Å². The number of hydrogen-bond acceptors (Lipinski definition) is 3. The van der Waals surface area contributed by atoms with Crippen molar-refractivity contribution >= 4 is 12.6 Å². The van der Waals surface area contributed by atoms with Gasteiger partial charge in [-0.15, -0.1) is 0 Å². The van der Waals surface area contributed by atoms with Gasteiger partial charge in [-0.2, -0.15) is 0 Å². The van der Waals surface area contributed by atoms with Crippen molar-refractivity contribution in [2.45, 2.75) is 12.8 Å². The zero-order chi connectivity index (χ0) is 7.40. The fourth-order valence-corrected chi connectivity index (χ4v) is 1.02. The standard InChI is InChI=1S/C6H9NO3/c8-5-10-6(9)7-3-1-2-4-7/h5H,1-4H2. The monoisotopic (exact) mass is 143 g/mol. The van der Waals surface area contributed by atoms with E-state index in [1.807, 2.05) is 0 Å². The lowest BCUT2D eigenvalue weighted by molar-refractivity contribution is -0.124. The van der Waals surface area contributed by atoms with Crippen molar-refractivity contribution < 1.29 is 14.3 Å². The molecule has 1 heterocycles. The van der Waals surface area contributed by atoms with Gasteiger partial charge >= 0.3 is 12.6 Å². The second kappa shape index (κ2) is 3.20. The molecule has 0 atom stereocenters. The molecule has 0 spiro atoms. The van der Waals surface area contributed by atoms with Gasteiger partial charge in [-0.1, -0.05) is 0 Å². The van der Waals surface area contributed by atoms with Crippen LogP contribution < -0.4 is 0 Å². The van der Waals surface area contributed by atoms with E-state index in [4.69, 9.17) is 0 Å². The highest BCUT2D eigenvalue weighted by Crippen LogP contribution is 2.07. The molecule has 10 heavy (non-hydrogen) atoms. The zero-order valence-electron chi connectivity index (χ0n) is 5.58. The van der Waals surface area contributed by atoms with Crippen LogP contribution in [0.2, 0.25) is 0 Å². The van der Waals surface area contributed by atoms with Crippen molar-refractivity contribution in [1.29, 1.82) is 0 Å². The molecule has 0 aromatic carbocycles. The predicted molar refractivity (Wildman–Crippen MR) is 33.4 cm³/mol. The van der Waals surface area contributed by atoms with Gasteiger partial charge in [-0.3, -0.25) is 4.79 Å². The van der Waals surface area contributed by atoms with Crippen molar-refractivity contribution in [2.24, 2.45) is 0 Å². The van der Waals surface area contributed by atoms with E-state index >= 15 is 0 Å². The second-order valence-corrected chi connectivity index (χ2v) is 2.17. The summed E-state index contributed by atoms with van der Waals surface area (Å²) >= 11 is 0. The molecule has 0 bridgehead atoms. The first-order chi connectivity index (χ1) is 4.84. The number of carbonyl (C=O) groups is 2. The third-order valence-electron chi connectivity index (χ3n) is 1.51. The lowest BCUT2D eigenvalue weighted by Gasteiger charge is -2.10. The van der Waals surface area contributed by atoms with Crippen LogP contribution in [-0.2, 0) is 9.53 Å². The molecule has 1 aliphatic rings. The van der Waals surface area contributed by atoms with Gasteiger partial charge < -0.3 is 9.64 Å². The normalized spacial score (nSPS) is 17.0. The molecule has 0 N–H and O–H groups in total. The first-order valence-electron chi connectivity index (χ1n) is 3.24. The minimum absolute atomic E-state index is 0.167. The topological polar surface area (TPSA) is 46.6 Å². The summed E-state index contributed by atoms with van der Waals surface area (Å²) in [5.41, 5.74) is 0. The molecule has 1 aliphatic heterocycles. The molecule has 4 nitrogen and oxygen atoms in total. The largest absolute Gasteiger partial charge is 0.417 e. The van der Waals surface area contributed by atoms with Crippen LogP contribution in [0.4, 0.5) is 4.79 Å². The van der Waals surface area contributed by atoms with Gasteiger partial charge in [0.25, 0.3) is 0 Å². The van der Waals surface area contributed by atoms with Gasteiger partial charge in [-0.25, -0.2) is 4.79 Å². The van der Waals surface area contributed by atoms with Crippen LogP contribution in [0, 0.1) is 0 Å². The predicted octanol–water partition coefficient (Wildman–Crippen LogP) is 0.375. The minimum atomic E-state index is -0.521. The van der Waals surface area contributed by atoms with Gasteiger partial charge in [-0.05, 0) is 12.8 Å². The summed E-state index contributed by atoms with van der Waals surface area (Å²) in [6, 6.07) is 0.